The first-order chi connectivity index (χ1) is 10.5. The van der Waals surface area contributed by atoms with E-state index in [9.17, 15) is 9.18 Å². The molecular weight excluding hydrogens is 307 g/mol. The average molecular weight is 319 g/mol. The van der Waals surface area contributed by atoms with Gasteiger partial charge in [0.2, 0.25) is 0 Å². The van der Waals surface area contributed by atoms with Gasteiger partial charge < -0.3 is 11.1 Å². The van der Waals surface area contributed by atoms with Crippen LogP contribution < -0.4 is 11.1 Å². The number of carbonyl (C=O) groups excluding carboxylic acids is 1. The van der Waals surface area contributed by atoms with Crippen molar-refractivity contribution in [2.45, 2.75) is 0 Å². The first-order valence-corrected chi connectivity index (χ1v) is 6.83. The van der Waals surface area contributed by atoms with Gasteiger partial charge >= 0.3 is 0 Å². The van der Waals surface area contributed by atoms with Crippen LogP contribution in [-0.4, -0.2) is 22.3 Å². The lowest BCUT2D eigenvalue weighted by atomic mass is 10.0. The number of pyridine rings is 1. The molecule has 0 spiro atoms. The molecule has 0 bridgehead atoms. The predicted octanol–water partition coefficient (Wildman–Crippen LogP) is 2.74. The first kappa shape index (κ1) is 14.3. The summed E-state index contributed by atoms with van der Waals surface area (Å²) in [5.74, 6) is -0.930. The van der Waals surface area contributed by atoms with Crippen molar-refractivity contribution in [2.75, 3.05) is 12.8 Å². The fourth-order valence-electron chi connectivity index (χ4n) is 2.36. The summed E-state index contributed by atoms with van der Waals surface area (Å²) in [5.41, 5.74) is 7.39. The fourth-order valence-corrected chi connectivity index (χ4v) is 2.62. The van der Waals surface area contributed by atoms with Gasteiger partial charge in [0.25, 0.3) is 5.91 Å². The maximum atomic E-state index is 14.3. The van der Waals surface area contributed by atoms with E-state index in [-0.39, 0.29) is 27.9 Å². The molecule has 0 aliphatic rings. The number of benzene rings is 1. The molecule has 3 aromatic rings. The summed E-state index contributed by atoms with van der Waals surface area (Å²) in [6.45, 7) is 0. The Morgan fingerprint density at radius 3 is 2.86 bits per heavy atom. The van der Waals surface area contributed by atoms with Crippen LogP contribution in [0.4, 0.5) is 10.1 Å². The van der Waals surface area contributed by atoms with Gasteiger partial charge in [-0.15, -0.1) is 0 Å². The number of halogens is 2. The largest absolute Gasteiger partial charge is 0.398 e. The zero-order valence-corrected chi connectivity index (χ0v) is 12.4. The number of imidazole rings is 1. The maximum Gasteiger partial charge on any atom is 0.268 e. The molecule has 3 rings (SSSR count). The fraction of sp³-hybridized carbons (Fsp3) is 0.0667. The number of anilines is 1. The van der Waals surface area contributed by atoms with Crippen LogP contribution in [0.25, 0.3) is 16.6 Å². The second kappa shape index (κ2) is 5.31. The van der Waals surface area contributed by atoms with E-state index in [4.69, 9.17) is 17.3 Å². The van der Waals surface area contributed by atoms with E-state index in [1.807, 2.05) is 0 Å². The molecule has 5 nitrogen and oxygen atoms in total. The second-order valence-electron chi connectivity index (χ2n) is 4.69. The van der Waals surface area contributed by atoms with Crippen molar-refractivity contribution in [3.8, 4) is 11.1 Å². The summed E-state index contributed by atoms with van der Waals surface area (Å²) in [6.07, 6.45) is 3.09. The van der Waals surface area contributed by atoms with Crippen LogP contribution in [0.2, 0.25) is 5.02 Å². The number of nitrogens with zero attached hydrogens (tertiary/aromatic N) is 2. The second-order valence-corrected chi connectivity index (χ2v) is 5.07. The smallest absolute Gasteiger partial charge is 0.268 e. The van der Waals surface area contributed by atoms with E-state index in [0.29, 0.717) is 11.1 Å². The van der Waals surface area contributed by atoms with Crippen LogP contribution >= 0.6 is 11.6 Å². The summed E-state index contributed by atoms with van der Waals surface area (Å²) in [5, 5.41) is 2.62. The van der Waals surface area contributed by atoms with Crippen LogP contribution in [0.3, 0.4) is 0 Å². The number of nitrogen functional groups attached to an aromatic ring is 1. The van der Waals surface area contributed by atoms with Gasteiger partial charge in [-0.25, -0.2) is 9.37 Å². The molecule has 7 heteroatoms. The number of nitrogens with two attached hydrogens (primary N) is 1. The number of carbonyl (C=O) groups is 1. The number of hydrogen-bond donors (Lipinski definition) is 2. The van der Waals surface area contributed by atoms with Gasteiger partial charge in [0.1, 0.15) is 11.5 Å². The summed E-state index contributed by atoms with van der Waals surface area (Å²) >= 11 is 6.16. The van der Waals surface area contributed by atoms with Crippen molar-refractivity contribution in [2.24, 2.45) is 0 Å². The molecule has 3 N–H and O–H groups in total. The van der Waals surface area contributed by atoms with Crippen molar-refractivity contribution < 1.29 is 9.18 Å². The predicted molar refractivity (Wildman–Crippen MR) is 83.4 cm³/mol. The zero-order valence-electron chi connectivity index (χ0n) is 11.6. The van der Waals surface area contributed by atoms with Crippen molar-refractivity contribution in [1.82, 2.24) is 14.7 Å². The molecule has 112 valence electrons. The highest BCUT2D eigenvalue weighted by atomic mass is 35.5. The highest BCUT2D eigenvalue weighted by Gasteiger charge is 2.21. The quantitative estimate of drug-likeness (QED) is 0.714. The number of nitrogens with one attached hydrogen (secondary N) is 1. The number of amides is 1. The highest BCUT2D eigenvalue weighted by molar-refractivity contribution is 6.36. The van der Waals surface area contributed by atoms with E-state index in [2.05, 4.69) is 10.3 Å². The lowest BCUT2D eigenvalue weighted by Gasteiger charge is -2.14. The van der Waals surface area contributed by atoms with Crippen molar-refractivity contribution in [3.05, 3.63) is 53.3 Å². The van der Waals surface area contributed by atoms with Gasteiger partial charge in [0.05, 0.1) is 28.8 Å². The normalized spacial score (nSPS) is 10.9. The monoisotopic (exact) mass is 318 g/mol. The molecule has 0 aliphatic heterocycles. The van der Waals surface area contributed by atoms with Crippen LogP contribution in [0.5, 0.6) is 0 Å². The Morgan fingerprint density at radius 2 is 2.14 bits per heavy atom. The molecule has 0 unspecified atom stereocenters. The van der Waals surface area contributed by atoms with Crippen LogP contribution in [0.15, 0.2) is 36.8 Å². The topological polar surface area (TPSA) is 72.4 Å². The Labute approximate surface area is 130 Å². The van der Waals surface area contributed by atoms with E-state index in [1.54, 1.807) is 22.7 Å². The van der Waals surface area contributed by atoms with Gasteiger partial charge in [-0.1, -0.05) is 11.6 Å². The standard InChI is InChI=1S/C15H12ClFN4O/c1-19-15(22)14-9(3-2-8-6-20-7-21(8)14)12-10(17)4-5-11(18)13(12)16/h2-7H,18H2,1H3,(H,19,22). The zero-order chi connectivity index (χ0) is 15.9. The Bertz CT molecular complexity index is 891. The summed E-state index contributed by atoms with van der Waals surface area (Å²) < 4.78 is 15.9. The van der Waals surface area contributed by atoms with Crippen LogP contribution in [-0.2, 0) is 0 Å². The minimum absolute atomic E-state index is 0.0737. The molecule has 1 amide bonds. The lowest BCUT2D eigenvalue weighted by molar-refractivity contribution is 0.0957. The molecule has 0 radical (unpaired) electrons. The first-order valence-electron chi connectivity index (χ1n) is 6.45. The van der Waals surface area contributed by atoms with E-state index < -0.39 is 5.82 Å². The number of hydrogen-bond acceptors (Lipinski definition) is 3. The highest BCUT2D eigenvalue weighted by Crippen LogP contribution is 2.36. The SMILES string of the molecule is CNC(=O)c1c(-c2c(F)ccc(N)c2Cl)ccc2cncn12. The van der Waals surface area contributed by atoms with Gasteiger partial charge in [0.15, 0.2) is 0 Å². The third-order valence-corrected chi connectivity index (χ3v) is 3.82. The van der Waals surface area contributed by atoms with Crippen molar-refractivity contribution >= 4 is 28.7 Å². The Morgan fingerprint density at radius 1 is 1.36 bits per heavy atom. The molecule has 1 aromatic carbocycles. The Kier molecular flexibility index (Phi) is 3.46. The summed E-state index contributed by atoms with van der Waals surface area (Å²) in [6, 6.07) is 5.97. The molecular formula is C15H12ClFN4O. The molecule has 0 saturated carbocycles. The number of fused-ring (bicyclic) bond motifs is 1. The average Bonchev–Trinajstić information content (AvgIpc) is 2.99. The van der Waals surface area contributed by atoms with Gasteiger partial charge in [-0.3, -0.25) is 9.20 Å². The van der Waals surface area contributed by atoms with Crippen LogP contribution in [0.1, 0.15) is 10.5 Å². The van der Waals surface area contributed by atoms with E-state index >= 15 is 0 Å². The van der Waals surface area contributed by atoms with E-state index in [1.165, 1.54) is 25.5 Å². The Balaban J connectivity index is 2.41. The molecule has 0 aliphatic carbocycles. The molecule has 0 atom stereocenters. The molecule has 0 saturated heterocycles. The van der Waals surface area contributed by atoms with E-state index in [0.717, 1.165) is 0 Å². The van der Waals surface area contributed by atoms with Gasteiger partial charge in [-0.2, -0.15) is 0 Å². The van der Waals surface area contributed by atoms with Gasteiger partial charge in [-0.05, 0) is 24.3 Å². The van der Waals surface area contributed by atoms with Crippen molar-refractivity contribution in [1.29, 1.82) is 0 Å². The van der Waals surface area contributed by atoms with Crippen LogP contribution in [0, 0.1) is 5.82 Å². The molecule has 2 aromatic heterocycles. The molecule has 0 fully saturated rings. The third-order valence-electron chi connectivity index (χ3n) is 3.42. The molecule has 2 heterocycles. The summed E-state index contributed by atoms with van der Waals surface area (Å²) in [4.78, 5) is 16.3. The number of aromatic nitrogens is 2. The Hall–Kier alpha value is -2.60. The summed E-state index contributed by atoms with van der Waals surface area (Å²) in [7, 11) is 1.50. The minimum Gasteiger partial charge on any atom is -0.398 e. The third kappa shape index (κ3) is 2.08. The molecule has 22 heavy (non-hydrogen) atoms. The maximum absolute atomic E-state index is 14.3. The minimum atomic E-state index is -0.552. The lowest BCUT2D eigenvalue weighted by Crippen LogP contribution is -2.22. The number of rotatable bonds is 2. The van der Waals surface area contributed by atoms with Gasteiger partial charge in [0, 0.05) is 18.2 Å². The van der Waals surface area contributed by atoms with Crippen molar-refractivity contribution in [3.63, 3.8) is 0 Å².